The van der Waals surface area contributed by atoms with Crippen LogP contribution >= 0.6 is 0 Å². The van der Waals surface area contributed by atoms with Crippen LogP contribution in [0.1, 0.15) is 43.4 Å². The fourth-order valence-corrected chi connectivity index (χ4v) is 3.28. The largest absolute Gasteiger partial charge is 0.383 e. The standard InChI is InChI=1S/C16H18F3NO2/c1-10-13-4-3-12(17)9-11(13)5-8-20(10)14(21)16(18,19)15(22)6-2-7-15/h3-4,9-10,22H,2,5-8H2,1H3. The van der Waals surface area contributed by atoms with Gasteiger partial charge in [-0.05, 0) is 55.9 Å². The molecule has 1 fully saturated rings. The van der Waals surface area contributed by atoms with Crippen molar-refractivity contribution in [2.45, 2.75) is 50.2 Å². The minimum atomic E-state index is -3.78. The Balaban J connectivity index is 1.87. The molecule has 0 bridgehead atoms. The highest BCUT2D eigenvalue weighted by molar-refractivity contribution is 5.86. The summed E-state index contributed by atoms with van der Waals surface area (Å²) in [7, 11) is 0. The lowest BCUT2D eigenvalue weighted by Crippen LogP contribution is -2.62. The second-order valence-corrected chi connectivity index (χ2v) is 6.23. The van der Waals surface area contributed by atoms with E-state index in [0.717, 1.165) is 10.5 Å². The fourth-order valence-electron chi connectivity index (χ4n) is 3.28. The molecule has 6 heteroatoms. The lowest BCUT2D eigenvalue weighted by molar-refractivity contribution is -0.225. The zero-order valence-electron chi connectivity index (χ0n) is 12.3. The monoisotopic (exact) mass is 313 g/mol. The van der Waals surface area contributed by atoms with Crippen LogP contribution in [0.3, 0.4) is 0 Å². The van der Waals surface area contributed by atoms with Gasteiger partial charge in [0, 0.05) is 6.54 Å². The van der Waals surface area contributed by atoms with E-state index in [4.69, 9.17) is 0 Å². The molecular weight excluding hydrogens is 295 g/mol. The summed E-state index contributed by atoms with van der Waals surface area (Å²) in [5, 5.41) is 9.91. The topological polar surface area (TPSA) is 40.5 Å². The van der Waals surface area contributed by atoms with Crippen molar-refractivity contribution in [1.82, 2.24) is 4.90 Å². The van der Waals surface area contributed by atoms with Crippen molar-refractivity contribution in [1.29, 1.82) is 0 Å². The predicted molar refractivity (Wildman–Crippen MR) is 74.0 cm³/mol. The van der Waals surface area contributed by atoms with Crippen molar-refractivity contribution >= 4 is 5.91 Å². The molecule has 0 spiro atoms. The zero-order valence-corrected chi connectivity index (χ0v) is 12.3. The van der Waals surface area contributed by atoms with E-state index in [0.29, 0.717) is 18.4 Å². The van der Waals surface area contributed by atoms with Gasteiger partial charge in [-0.3, -0.25) is 4.79 Å². The van der Waals surface area contributed by atoms with Crippen molar-refractivity contribution in [2.75, 3.05) is 6.54 Å². The van der Waals surface area contributed by atoms with Crippen molar-refractivity contribution in [3.8, 4) is 0 Å². The van der Waals surface area contributed by atoms with E-state index in [-0.39, 0.29) is 25.2 Å². The van der Waals surface area contributed by atoms with Gasteiger partial charge in [0.25, 0.3) is 5.91 Å². The quantitative estimate of drug-likeness (QED) is 0.912. The van der Waals surface area contributed by atoms with E-state index in [1.807, 2.05) is 0 Å². The van der Waals surface area contributed by atoms with Crippen molar-refractivity contribution in [3.63, 3.8) is 0 Å². The molecule has 0 saturated heterocycles. The molecular formula is C16H18F3NO2. The first-order chi connectivity index (χ1) is 10.3. The number of aliphatic hydroxyl groups is 1. The molecule has 1 unspecified atom stereocenters. The predicted octanol–water partition coefficient (Wildman–Crippen LogP) is 2.82. The number of hydrogen-bond donors (Lipinski definition) is 1. The fraction of sp³-hybridized carbons (Fsp3) is 0.562. The number of fused-ring (bicyclic) bond motifs is 1. The molecule has 3 rings (SSSR count). The number of carbonyl (C=O) groups is 1. The summed E-state index contributed by atoms with van der Waals surface area (Å²) in [6.45, 7) is 1.75. The van der Waals surface area contributed by atoms with Crippen molar-refractivity contribution < 1.29 is 23.1 Å². The first-order valence-electron chi connectivity index (χ1n) is 7.46. The molecule has 1 amide bonds. The van der Waals surface area contributed by atoms with Crippen LogP contribution in [0.25, 0.3) is 0 Å². The Labute approximate surface area is 126 Å². The van der Waals surface area contributed by atoms with E-state index in [9.17, 15) is 23.1 Å². The Kier molecular flexibility index (Phi) is 3.47. The molecule has 1 atom stereocenters. The van der Waals surface area contributed by atoms with Gasteiger partial charge in [0.2, 0.25) is 0 Å². The summed E-state index contributed by atoms with van der Waals surface area (Å²) in [5.74, 6) is -5.49. The van der Waals surface area contributed by atoms with E-state index in [1.165, 1.54) is 18.2 Å². The second-order valence-electron chi connectivity index (χ2n) is 6.23. The van der Waals surface area contributed by atoms with E-state index >= 15 is 0 Å². The van der Waals surface area contributed by atoms with Gasteiger partial charge in [0.1, 0.15) is 11.4 Å². The molecule has 120 valence electrons. The number of nitrogens with zero attached hydrogens (tertiary/aromatic N) is 1. The third kappa shape index (κ3) is 2.12. The molecule has 0 radical (unpaired) electrons. The summed E-state index contributed by atoms with van der Waals surface area (Å²) in [4.78, 5) is 13.4. The smallest absolute Gasteiger partial charge is 0.352 e. The summed E-state index contributed by atoms with van der Waals surface area (Å²) >= 11 is 0. The normalized spacial score (nSPS) is 23.7. The average molecular weight is 313 g/mol. The number of benzene rings is 1. The molecule has 22 heavy (non-hydrogen) atoms. The molecule has 1 N–H and O–H groups in total. The third-order valence-electron chi connectivity index (χ3n) is 4.94. The van der Waals surface area contributed by atoms with Crippen LogP contribution in [-0.2, 0) is 11.2 Å². The van der Waals surface area contributed by atoms with Gasteiger partial charge in [-0.1, -0.05) is 6.07 Å². The van der Waals surface area contributed by atoms with Gasteiger partial charge in [-0.25, -0.2) is 4.39 Å². The van der Waals surface area contributed by atoms with Crippen molar-refractivity contribution in [2.24, 2.45) is 0 Å². The maximum absolute atomic E-state index is 14.3. The summed E-state index contributed by atoms with van der Waals surface area (Å²) in [6, 6.07) is 3.61. The second kappa shape index (κ2) is 4.98. The molecule has 1 aromatic carbocycles. The van der Waals surface area contributed by atoms with Gasteiger partial charge in [-0.2, -0.15) is 8.78 Å². The maximum atomic E-state index is 14.3. The highest BCUT2D eigenvalue weighted by atomic mass is 19.3. The molecule has 1 saturated carbocycles. The Hall–Kier alpha value is -1.56. The molecule has 2 aliphatic rings. The van der Waals surface area contributed by atoms with Crippen LogP contribution in [0.4, 0.5) is 13.2 Å². The van der Waals surface area contributed by atoms with Crippen molar-refractivity contribution in [3.05, 3.63) is 35.1 Å². The van der Waals surface area contributed by atoms with Gasteiger partial charge >= 0.3 is 5.92 Å². The lowest BCUT2D eigenvalue weighted by Gasteiger charge is -2.45. The lowest BCUT2D eigenvalue weighted by atomic mass is 9.74. The number of halogens is 3. The van der Waals surface area contributed by atoms with Crippen LogP contribution in [0.2, 0.25) is 0 Å². The average Bonchev–Trinajstić information content (AvgIpc) is 2.44. The summed E-state index contributed by atoms with van der Waals surface area (Å²) in [5.41, 5.74) is -0.799. The third-order valence-corrected chi connectivity index (χ3v) is 4.94. The number of amides is 1. The molecule has 0 aromatic heterocycles. The van der Waals surface area contributed by atoms with Crippen LogP contribution in [0.15, 0.2) is 18.2 Å². The van der Waals surface area contributed by atoms with Crippen LogP contribution in [0, 0.1) is 5.82 Å². The number of alkyl halides is 2. The van der Waals surface area contributed by atoms with Gasteiger partial charge in [0.15, 0.2) is 0 Å². The SMILES string of the molecule is CC1c2ccc(F)cc2CCN1C(=O)C(F)(F)C1(O)CCC1. The Morgan fingerprint density at radius 1 is 1.41 bits per heavy atom. The molecule has 1 aliphatic carbocycles. The van der Waals surface area contributed by atoms with Gasteiger partial charge < -0.3 is 10.0 Å². The van der Waals surface area contributed by atoms with E-state index in [1.54, 1.807) is 6.92 Å². The first kappa shape index (κ1) is 15.3. The minimum Gasteiger partial charge on any atom is -0.383 e. The van der Waals surface area contributed by atoms with Crippen LogP contribution in [-0.4, -0.2) is 34.0 Å². The van der Waals surface area contributed by atoms with Gasteiger partial charge in [-0.15, -0.1) is 0 Å². The maximum Gasteiger partial charge on any atom is 0.352 e. The first-order valence-corrected chi connectivity index (χ1v) is 7.46. The van der Waals surface area contributed by atoms with E-state index in [2.05, 4.69) is 0 Å². The molecule has 1 aliphatic heterocycles. The number of rotatable bonds is 2. The Morgan fingerprint density at radius 3 is 2.68 bits per heavy atom. The van der Waals surface area contributed by atoms with Gasteiger partial charge in [0.05, 0.1) is 6.04 Å². The highest BCUT2D eigenvalue weighted by Gasteiger charge is 2.62. The summed E-state index contributed by atoms with van der Waals surface area (Å²) < 4.78 is 41.9. The van der Waals surface area contributed by atoms with Crippen LogP contribution < -0.4 is 0 Å². The molecule has 1 aromatic rings. The highest BCUT2D eigenvalue weighted by Crippen LogP contribution is 2.46. The van der Waals surface area contributed by atoms with E-state index < -0.39 is 23.5 Å². The minimum absolute atomic E-state index is 0.0598. The number of carbonyl (C=O) groups excluding carboxylic acids is 1. The molecule has 3 nitrogen and oxygen atoms in total. The Bertz CT molecular complexity index is 613. The summed E-state index contributed by atoms with van der Waals surface area (Å²) in [6.07, 6.45) is 0.709. The zero-order chi connectivity index (χ0) is 16.1. The Morgan fingerprint density at radius 2 is 2.09 bits per heavy atom. The molecule has 1 heterocycles. The van der Waals surface area contributed by atoms with Crippen LogP contribution in [0.5, 0.6) is 0 Å². The number of hydrogen-bond acceptors (Lipinski definition) is 2.